The molecule has 0 aliphatic carbocycles. The molecular weight excluding hydrogens is 258 g/mol. The van der Waals surface area contributed by atoms with Gasteiger partial charge in [0.1, 0.15) is 0 Å². The fraction of sp³-hybridized carbons (Fsp3) is 1.00. The van der Waals surface area contributed by atoms with Gasteiger partial charge in [0, 0.05) is 39.3 Å². The van der Waals surface area contributed by atoms with Gasteiger partial charge in [-0.05, 0) is 13.5 Å². The van der Waals surface area contributed by atoms with Gasteiger partial charge in [-0.1, -0.05) is 13.3 Å². The molecule has 1 fully saturated rings. The van der Waals surface area contributed by atoms with Crippen LogP contribution in [0.25, 0.3) is 0 Å². The largest absolute Gasteiger partial charge is 0.389 e. The smallest absolute Gasteiger partial charge is 0.0911 e. The van der Waals surface area contributed by atoms with Crippen LogP contribution in [0.5, 0.6) is 0 Å². The molecule has 1 saturated heterocycles. The van der Waals surface area contributed by atoms with Gasteiger partial charge in [0.05, 0.1) is 25.9 Å². The van der Waals surface area contributed by atoms with E-state index in [1.54, 1.807) is 0 Å². The van der Waals surface area contributed by atoms with E-state index in [4.69, 9.17) is 9.47 Å². The molecule has 0 aromatic rings. The Labute approximate surface area is 123 Å². The van der Waals surface area contributed by atoms with Gasteiger partial charge in [-0.3, -0.25) is 5.43 Å². The molecule has 1 aliphatic rings. The minimum atomic E-state index is -0.467. The molecular formula is C14H31N3O3. The highest BCUT2D eigenvalue weighted by molar-refractivity contribution is 4.67. The first-order valence-electron chi connectivity index (χ1n) is 7.73. The van der Waals surface area contributed by atoms with Gasteiger partial charge < -0.3 is 19.5 Å². The summed E-state index contributed by atoms with van der Waals surface area (Å²) in [6.07, 6.45) is 1.78. The number of nitrogens with zero attached hydrogens (tertiary/aromatic N) is 2. The van der Waals surface area contributed by atoms with E-state index in [1.165, 1.54) is 0 Å². The van der Waals surface area contributed by atoms with Crippen LogP contribution in [0.3, 0.4) is 0 Å². The SMILES string of the molecule is CCCCOCCOCC(O)CNN1CCN(C)CC1. The summed E-state index contributed by atoms with van der Waals surface area (Å²) < 4.78 is 10.8. The predicted molar refractivity (Wildman–Crippen MR) is 79.6 cm³/mol. The van der Waals surface area contributed by atoms with Crippen LogP contribution in [0.15, 0.2) is 0 Å². The number of hydrazine groups is 1. The number of unbranched alkanes of at least 4 members (excludes halogenated alkanes) is 1. The molecule has 0 aromatic heterocycles. The second-order valence-corrected chi connectivity index (χ2v) is 5.35. The number of likely N-dealkylation sites (N-methyl/N-ethyl adjacent to an activating group) is 1. The Kier molecular flexibility index (Phi) is 10.2. The van der Waals surface area contributed by atoms with Crippen LogP contribution in [0.4, 0.5) is 0 Å². The minimum Gasteiger partial charge on any atom is -0.389 e. The van der Waals surface area contributed by atoms with Gasteiger partial charge in [-0.25, -0.2) is 5.01 Å². The van der Waals surface area contributed by atoms with Crippen molar-refractivity contribution < 1.29 is 14.6 Å². The van der Waals surface area contributed by atoms with Gasteiger partial charge in [-0.15, -0.1) is 0 Å². The number of hydrogen-bond donors (Lipinski definition) is 2. The molecule has 0 bridgehead atoms. The first-order chi connectivity index (χ1) is 9.72. The van der Waals surface area contributed by atoms with Crippen molar-refractivity contribution in [2.24, 2.45) is 0 Å². The van der Waals surface area contributed by atoms with Crippen LogP contribution in [-0.4, -0.2) is 87.3 Å². The quantitative estimate of drug-likeness (QED) is 0.520. The Bertz CT molecular complexity index is 224. The zero-order valence-corrected chi connectivity index (χ0v) is 13.0. The second kappa shape index (κ2) is 11.4. The van der Waals surface area contributed by atoms with Gasteiger partial charge in [0.2, 0.25) is 0 Å². The number of hydrogen-bond acceptors (Lipinski definition) is 6. The number of aliphatic hydroxyl groups is 1. The van der Waals surface area contributed by atoms with E-state index in [1.807, 2.05) is 0 Å². The molecule has 0 aromatic carbocycles. The highest BCUT2D eigenvalue weighted by atomic mass is 16.5. The second-order valence-electron chi connectivity index (χ2n) is 5.35. The molecule has 1 atom stereocenters. The number of rotatable bonds is 11. The molecule has 0 saturated carbocycles. The van der Waals surface area contributed by atoms with Crippen molar-refractivity contribution in [3.05, 3.63) is 0 Å². The summed E-state index contributed by atoms with van der Waals surface area (Å²) in [7, 11) is 2.13. The van der Waals surface area contributed by atoms with Crippen molar-refractivity contribution in [1.82, 2.24) is 15.3 Å². The molecule has 1 heterocycles. The number of ether oxygens (including phenoxy) is 2. The van der Waals surface area contributed by atoms with Crippen molar-refractivity contribution >= 4 is 0 Å². The molecule has 20 heavy (non-hydrogen) atoms. The maximum Gasteiger partial charge on any atom is 0.0911 e. The van der Waals surface area contributed by atoms with Crippen LogP contribution < -0.4 is 5.43 Å². The fourth-order valence-electron chi connectivity index (χ4n) is 1.94. The summed E-state index contributed by atoms with van der Waals surface area (Å²) in [6, 6.07) is 0. The van der Waals surface area contributed by atoms with Crippen molar-refractivity contribution in [2.75, 3.05) is 66.2 Å². The predicted octanol–water partition coefficient (Wildman–Crippen LogP) is -0.0674. The van der Waals surface area contributed by atoms with Crippen molar-refractivity contribution in [3.63, 3.8) is 0 Å². The molecule has 0 radical (unpaired) electrons. The first-order valence-corrected chi connectivity index (χ1v) is 7.73. The average Bonchev–Trinajstić information content (AvgIpc) is 2.46. The number of nitrogens with one attached hydrogen (secondary N) is 1. The standard InChI is InChI=1S/C14H31N3O3/c1-3-4-9-19-10-11-20-13-14(18)12-15-17-7-5-16(2)6-8-17/h14-15,18H,3-13H2,1-2H3. The van der Waals surface area contributed by atoms with E-state index in [2.05, 4.69) is 29.3 Å². The Morgan fingerprint density at radius 2 is 1.80 bits per heavy atom. The minimum absolute atomic E-state index is 0.359. The zero-order chi connectivity index (χ0) is 14.6. The van der Waals surface area contributed by atoms with E-state index in [0.29, 0.717) is 26.4 Å². The monoisotopic (exact) mass is 289 g/mol. The Hall–Kier alpha value is -0.240. The van der Waals surface area contributed by atoms with E-state index in [-0.39, 0.29) is 0 Å². The highest BCUT2D eigenvalue weighted by Gasteiger charge is 2.14. The highest BCUT2D eigenvalue weighted by Crippen LogP contribution is 1.96. The van der Waals surface area contributed by atoms with E-state index in [0.717, 1.165) is 45.6 Å². The zero-order valence-electron chi connectivity index (χ0n) is 13.0. The Morgan fingerprint density at radius 3 is 2.50 bits per heavy atom. The molecule has 0 amide bonds. The van der Waals surface area contributed by atoms with Crippen LogP contribution >= 0.6 is 0 Å². The van der Waals surface area contributed by atoms with Gasteiger partial charge in [0.25, 0.3) is 0 Å². The third-order valence-corrected chi connectivity index (χ3v) is 3.38. The van der Waals surface area contributed by atoms with Crippen molar-refractivity contribution in [1.29, 1.82) is 0 Å². The van der Waals surface area contributed by atoms with Gasteiger partial charge in [0.15, 0.2) is 0 Å². The van der Waals surface area contributed by atoms with Crippen LogP contribution in [0, 0.1) is 0 Å². The molecule has 120 valence electrons. The summed E-state index contributed by atoms with van der Waals surface area (Å²) in [5.41, 5.74) is 3.26. The maximum atomic E-state index is 9.81. The van der Waals surface area contributed by atoms with E-state index in [9.17, 15) is 5.11 Å². The summed E-state index contributed by atoms with van der Waals surface area (Å²) in [5.74, 6) is 0. The lowest BCUT2D eigenvalue weighted by Crippen LogP contribution is -2.52. The molecule has 0 spiro atoms. The molecule has 2 N–H and O–H groups in total. The van der Waals surface area contributed by atoms with Crippen LogP contribution in [-0.2, 0) is 9.47 Å². The molecule has 6 nitrogen and oxygen atoms in total. The lowest BCUT2D eigenvalue weighted by molar-refractivity contribution is -0.00584. The summed E-state index contributed by atoms with van der Waals surface area (Å²) in [5, 5.41) is 12.0. The third-order valence-electron chi connectivity index (χ3n) is 3.38. The normalized spacial score (nSPS) is 19.4. The Morgan fingerprint density at radius 1 is 1.10 bits per heavy atom. The fourth-order valence-corrected chi connectivity index (χ4v) is 1.94. The van der Waals surface area contributed by atoms with Crippen molar-refractivity contribution in [3.8, 4) is 0 Å². The van der Waals surface area contributed by atoms with E-state index < -0.39 is 6.10 Å². The van der Waals surface area contributed by atoms with Gasteiger partial charge >= 0.3 is 0 Å². The molecule has 6 heteroatoms. The van der Waals surface area contributed by atoms with E-state index >= 15 is 0 Å². The van der Waals surface area contributed by atoms with Crippen molar-refractivity contribution in [2.45, 2.75) is 25.9 Å². The summed E-state index contributed by atoms with van der Waals surface area (Å²) >= 11 is 0. The molecule has 1 rings (SSSR count). The molecule has 1 aliphatic heterocycles. The number of piperazine rings is 1. The maximum absolute atomic E-state index is 9.81. The first kappa shape index (κ1) is 17.8. The third kappa shape index (κ3) is 8.84. The van der Waals surface area contributed by atoms with Gasteiger partial charge in [-0.2, -0.15) is 0 Å². The topological polar surface area (TPSA) is 57.2 Å². The Balaban J connectivity index is 1.89. The summed E-state index contributed by atoms with van der Waals surface area (Å²) in [6.45, 7) is 9.12. The van der Waals surface area contributed by atoms with Crippen LogP contribution in [0.1, 0.15) is 19.8 Å². The lowest BCUT2D eigenvalue weighted by Gasteiger charge is -2.33. The lowest BCUT2D eigenvalue weighted by atomic mass is 10.3. The number of aliphatic hydroxyl groups excluding tert-OH is 1. The molecule has 1 unspecified atom stereocenters. The average molecular weight is 289 g/mol. The summed E-state index contributed by atoms with van der Waals surface area (Å²) in [4.78, 5) is 2.30. The van der Waals surface area contributed by atoms with Crippen LogP contribution in [0.2, 0.25) is 0 Å².